The molecule has 0 fully saturated rings. The Balaban J connectivity index is 4.24. The molecule has 96 valence electrons. The number of nitrogens with one attached hydrogen (secondary N) is 1. The van der Waals surface area contributed by atoms with Crippen LogP contribution in [0, 0.1) is 10.8 Å². The van der Waals surface area contributed by atoms with Crippen LogP contribution in [0.1, 0.15) is 27.2 Å². The molecule has 0 aromatic heterocycles. The maximum atomic E-state index is 8.14. The largest absolute Gasteiger partial charge is 0.385 e. The first-order chi connectivity index (χ1) is 7.43. The molecule has 0 aromatic carbocycles. The summed E-state index contributed by atoms with van der Waals surface area (Å²) >= 11 is 0. The Kier molecular flexibility index (Phi) is 7.34. The summed E-state index contributed by atoms with van der Waals surface area (Å²) in [7, 11) is 3.39. The maximum Gasteiger partial charge on any atom is 0.101 e. The van der Waals surface area contributed by atoms with E-state index >= 15 is 0 Å². The Labute approximate surface area is 99.4 Å². The van der Waals surface area contributed by atoms with E-state index in [4.69, 9.17) is 14.9 Å². The summed E-state index contributed by atoms with van der Waals surface area (Å²) in [5.74, 6) is 0.667. The van der Waals surface area contributed by atoms with Crippen molar-refractivity contribution in [2.24, 2.45) is 5.41 Å². The Morgan fingerprint density at radius 3 is 2.06 bits per heavy atom. The molecular weight excluding hydrogens is 204 g/mol. The minimum atomic E-state index is -0.110. The molecule has 0 rings (SSSR count). The lowest BCUT2D eigenvalue weighted by Gasteiger charge is -2.32. The Hall–Kier alpha value is -0.610. The molecule has 0 aliphatic carbocycles. The summed E-state index contributed by atoms with van der Waals surface area (Å²) in [5.41, 5.74) is -0.110. The van der Waals surface area contributed by atoms with Crippen LogP contribution in [0.15, 0.2) is 0 Å². The molecule has 4 nitrogen and oxygen atoms in total. The van der Waals surface area contributed by atoms with Gasteiger partial charge in [0.05, 0.1) is 6.61 Å². The fourth-order valence-electron chi connectivity index (χ4n) is 1.41. The van der Waals surface area contributed by atoms with E-state index in [9.17, 15) is 0 Å². The predicted octanol–water partition coefficient (Wildman–Crippen LogP) is 1.99. The molecule has 0 atom stereocenters. The van der Waals surface area contributed by atoms with Crippen molar-refractivity contribution in [1.29, 1.82) is 5.41 Å². The maximum absolute atomic E-state index is 8.14. The van der Waals surface area contributed by atoms with Crippen LogP contribution in [0.3, 0.4) is 0 Å². The molecule has 0 unspecified atom stereocenters. The third kappa shape index (κ3) is 6.08. The van der Waals surface area contributed by atoms with Crippen LogP contribution in [0.5, 0.6) is 0 Å². The van der Waals surface area contributed by atoms with Crippen molar-refractivity contribution in [3.63, 3.8) is 0 Å². The Morgan fingerprint density at radius 1 is 1.06 bits per heavy atom. The van der Waals surface area contributed by atoms with Gasteiger partial charge in [-0.05, 0) is 6.42 Å². The molecule has 0 spiro atoms. The van der Waals surface area contributed by atoms with Gasteiger partial charge in [-0.2, -0.15) is 0 Å². The first kappa shape index (κ1) is 15.4. The van der Waals surface area contributed by atoms with Gasteiger partial charge in [-0.15, -0.1) is 0 Å². The van der Waals surface area contributed by atoms with E-state index < -0.39 is 0 Å². The van der Waals surface area contributed by atoms with Crippen LogP contribution in [0.4, 0.5) is 0 Å². The number of rotatable bonds is 7. The van der Waals surface area contributed by atoms with Crippen LogP contribution >= 0.6 is 0 Å². The van der Waals surface area contributed by atoms with Crippen molar-refractivity contribution < 1.29 is 9.47 Å². The minimum absolute atomic E-state index is 0.110. The molecule has 4 heteroatoms. The Bertz CT molecular complexity index is 200. The van der Waals surface area contributed by atoms with Crippen LogP contribution < -0.4 is 0 Å². The average molecular weight is 230 g/mol. The van der Waals surface area contributed by atoms with Gasteiger partial charge in [0.1, 0.15) is 5.84 Å². The van der Waals surface area contributed by atoms with E-state index in [-0.39, 0.29) is 5.41 Å². The summed E-state index contributed by atoms with van der Waals surface area (Å²) in [5, 5.41) is 8.14. The fraction of sp³-hybridized carbons (Fsp3) is 0.917. The molecule has 0 radical (unpaired) electrons. The predicted molar refractivity (Wildman–Crippen MR) is 67.1 cm³/mol. The highest BCUT2D eigenvalue weighted by Crippen LogP contribution is 2.17. The van der Waals surface area contributed by atoms with E-state index in [1.165, 1.54) is 0 Å². The molecular formula is C12H26N2O2. The number of amidine groups is 1. The summed E-state index contributed by atoms with van der Waals surface area (Å²) in [6, 6.07) is 0. The summed E-state index contributed by atoms with van der Waals surface area (Å²) in [4.78, 5) is 2.07. The van der Waals surface area contributed by atoms with Gasteiger partial charge in [0.2, 0.25) is 0 Å². The molecule has 0 aliphatic rings. The third-order valence-electron chi connectivity index (χ3n) is 2.37. The highest BCUT2D eigenvalue weighted by atomic mass is 16.5. The topological polar surface area (TPSA) is 45.6 Å². The van der Waals surface area contributed by atoms with Crippen LogP contribution in [-0.2, 0) is 9.47 Å². The van der Waals surface area contributed by atoms with Crippen molar-refractivity contribution in [3.8, 4) is 0 Å². The highest BCUT2D eigenvalue weighted by Gasteiger charge is 2.22. The van der Waals surface area contributed by atoms with Gasteiger partial charge >= 0.3 is 0 Å². The molecule has 1 N–H and O–H groups in total. The van der Waals surface area contributed by atoms with Gasteiger partial charge in [-0.25, -0.2) is 0 Å². The lowest BCUT2D eigenvalue weighted by atomic mass is 9.94. The summed E-state index contributed by atoms with van der Waals surface area (Å²) in [6.45, 7) is 9.21. The second-order valence-corrected chi connectivity index (χ2v) is 4.92. The first-order valence-electron chi connectivity index (χ1n) is 5.75. The summed E-state index contributed by atoms with van der Waals surface area (Å²) < 4.78 is 10.1. The normalized spacial score (nSPS) is 11.6. The van der Waals surface area contributed by atoms with E-state index in [0.717, 1.165) is 26.1 Å². The zero-order valence-corrected chi connectivity index (χ0v) is 11.3. The number of methoxy groups -OCH3 is 2. The van der Waals surface area contributed by atoms with Gasteiger partial charge in [0.25, 0.3) is 0 Å². The van der Waals surface area contributed by atoms with Gasteiger partial charge in [-0.3, -0.25) is 5.41 Å². The molecule has 0 heterocycles. The standard InChI is InChI=1S/C12H26N2O2/c1-12(2,3)11(13)14(8-10-16-5)7-6-9-15-4/h13H,6-10H2,1-5H3. The van der Waals surface area contributed by atoms with Crippen molar-refractivity contribution in [1.82, 2.24) is 4.90 Å². The fourth-order valence-corrected chi connectivity index (χ4v) is 1.41. The second-order valence-electron chi connectivity index (χ2n) is 4.92. The summed E-state index contributed by atoms with van der Waals surface area (Å²) in [6.07, 6.45) is 0.943. The third-order valence-corrected chi connectivity index (χ3v) is 2.37. The molecule has 0 saturated carbocycles. The average Bonchev–Trinajstić information content (AvgIpc) is 2.21. The number of hydrogen-bond donors (Lipinski definition) is 1. The zero-order chi connectivity index (χ0) is 12.6. The lowest BCUT2D eigenvalue weighted by Crippen LogP contribution is -2.41. The van der Waals surface area contributed by atoms with Crippen LogP contribution in [0.25, 0.3) is 0 Å². The second kappa shape index (κ2) is 7.63. The Morgan fingerprint density at radius 2 is 1.62 bits per heavy atom. The van der Waals surface area contributed by atoms with Gasteiger partial charge in [0.15, 0.2) is 0 Å². The number of nitrogens with zero attached hydrogens (tertiary/aromatic N) is 1. The zero-order valence-electron chi connectivity index (χ0n) is 11.3. The number of hydrogen-bond acceptors (Lipinski definition) is 3. The van der Waals surface area contributed by atoms with Gasteiger partial charge in [0, 0.05) is 39.3 Å². The van der Waals surface area contributed by atoms with E-state index in [0.29, 0.717) is 12.4 Å². The molecule has 0 bridgehead atoms. The van der Waals surface area contributed by atoms with Gasteiger partial charge < -0.3 is 14.4 Å². The monoisotopic (exact) mass is 230 g/mol. The smallest absolute Gasteiger partial charge is 0.101 e. The molecule has 0 aromatic rings. The molecule has 0 saturated heterocycles. The van der Waals surface area contributed by atoms with Crippen LogP contribution in [0.2, 0.25) is 0 Å². The molecule has 0 amide bonds. The van der Waals surface area contributed by atoms with Crippen molar-refractivity contribution in [2.45, 2.75) is 27.2 Å². The quantitative estimate of drug-likeness (QED) is 0.413. The van der Waals surface area contributed by atoms with E-state index in [1.54, 1.807) is 14.2 Å². The van der Waals surface area contributed by atoms with E-state index in [2.05, 4.69) is 25.7 Å². The lowest BCUT2D eigenvalue weighted by molar-refractivity contribution is 0.157. The number of ether oxygens (including phenoxy) is 2. The van der Waals surface area contributed by atoms with Crippen molar-refractivity contribution in [2.75, 3.05) is 40.5 Å². The first-order valence-corrected chi connectivity index (χ1v) is 5.75. The highest BCUT2D eigenvalue weighted by molar-refractivity contribution is 5.84. The van der Waals surface area contributed by atoms with Crippen molar-refractivity contribution >= 4 is 5.84 Å². The molecule has 16 heavy (non-hydrogen) atoms. The van der Waals surface area contributed by atoms with E-state index in [1.807, 2.05) is 0 Å². The van der Waals surface area contributed by atoms with Crippen molar-refractivity contribution in [3.05, 3.63) is 0 Å². The minimum Gasteiger partial charge on any atom is -0.385 e. The molecule has 0 aliphatic heterocycles. The van der Waals surface area contributed by atoms with Crippen LogP contribution in [-0.4, -0.2) is 51.3 Å². The van der Waals surface area contributed by atoms with Gasteiger partial charge in [-0.1, -0.05) is 20.8 Å². The SMILES string of the molecule is COCCCN(CCOC)C(=N)C(C)(C)C.